The van der Waals surface area contributed by atoms with Gasteiger partial charge in [-0.25, -0.2) is 8.42 Å². The fourth-order valence-electron chi connectivity index (χ4n) is 3.04. The van der Waals surface area contributed by atoms with E-state index in [9.17, 15) is 8.42 Å². The monoisotopic (exact) mass is 403 g/mol. The number of benzene rings is 3. The first-order valence-electron chi connectivity index (χ1n) is 9.03. The van der Waals surface area contributed by atoms with Crippen LogP contribution in [0.1, 0.15) is 27.8 Å². The quantitative estimate of drug-likeness (QED) is 0.606. The molecule has 0 saturated heterocycles. The van der Waals surface area contributed by atoms with Gasteiger partial charge < -0.3 is 0 Å². The molecular weight excluding hydrogens is 382 g/mol. The first-order chi connectivity index (χ1) is 13.8. The van der Waals surface area contributed by atoms with Gasteiger partial charge in [-0.15, -0.1) is 0 Å². The summed E-state index contributed by atoms with van der Waals surface area (Å²) in [4.78, 5) is 4.53. The molecule has 0 amide bonds. The standard InChI is InChI=1S/C23H21N3O2S/c1-16-12-17(2)23(18(3)13-16)26-29(27,28)22-10-8-21(9-11-22)25-15-20-6-4-19(14-24)5-7-20/h4-13,15,26H,1-3H3. The predicted octanol–water partition coefficient (Wildman–Crippen LogP) is 5.03. The molecule has 0 bridgehead atoms. The largest absolute Gasteiger partial charge is 0.279 e. The normalized spacial score (nSPS) is 11.4. The molecule has 0 saturated carbocycles. The molecule has 5 nitrogen and oxygen atoms in total. The Labute approximate surface area is 171 Å². The van der Waals surface area contributed by atoms with Crippen LogP contribution in [0, 0.1) is 32.1 Å². The maximum atomic E-state index is 12.8. The SMILES string of the molecule is Cc1cc(C)c(NS(=O)(=O)c2ccc(N=Cc3ccc(C#N)cc3)cc2)c(C)c1. The molecule has 0 aromatic heterocycles. The average Bonchev–Trinajstić information content (AvgIpc) is 2.70. The first kappa shape index (κ1) is 20.3. The number of hydrogen-bond acceptors (Lipinski definition) is 4. The summed E-state index contributed by atoms with van der Waals surface area (Å²) in [5.74, 6) is 0. The number of aliphatic imine (C=N–C) groups is 1. The number of aryl methyl sites for hydroxylation is 3. The van der Waals surface area contributed by atoms with E-state index in [-0.39, 0.29) is 4.90 Å². The zero-order valence-electron chi connectivity index (χ0n) is 16.5. The van der Waals surface area contributed by atoms with E-state index in [2.05, 4.69) is 15.8 Å². The van der Waals surface area contributed by atoms with E-state index >= 15 is 0 Å². The lowest BCUT2D eigenvalue weighted by Crippen LogP contribution is -2.14. The summed E-state index contributed by atoms with van der Waals surface area (Å²) in [5.41, 5.74) is 5.54. The molecule has 3 aromatic carbocycles. The van der Waals surface area contributed by atoms with Crippen LogP contribution in [0.4, 0.5) is 11.4 Å². The van der Waals surface area contributed by atoms with E-state index in [1.165, 1.54) is 12.1 Å². The zero-order valence-corrected chi connectivity index (χ0v) is 17.3. The van der Waals surface area contributed by atoms with Crippen LogP contribution < -0.4 is 4.72 Å². The lowest BCUT2D eigenvalue weighted by Gasteiger charge is -2.14. The highest BCUT2D eigenvalue weighted by atomic mass is 32.2. The molecular formula is C23H21N3O2S. The van der Waals surface area contributed by atoms with Gasteiger partial charge in [0.25, 0.3) is 10.0 Å². The van der Waals surface area contributed by atoms with Gasteiger partial charge in [0.1, 0.15) is 0 Å². The summed E-state index contributed by atoms with van der Waals surface area (Å²) < 4.78 is 28.2. The Morgan fingerprint density at radius 3 is 2.07 bits per heavy atom. The van der Waals surface area contributed by atoms with Gasteiger partial charge in [-0.2, -0.15) is 5.26 Å². The molecule has 0 aliphatic rings. The Balaban J connectivity index is 1.78. The van der Waals surface area contributed by atoms with Crippen LogP contribution in [0.5, 0.6) is 0 Å². The molecule has 0 heterocycles. The van der Waals surface area contributed by atoms with Crippen molar-refractivity contribution in [2.75, 3.05) is 4.72 Å². The molecule has 0 radical (unpaired) electrons. The van der Waals surface area contributed by atoms with E-state index < -0.39 is 10.0 Å². The summed E-state index contributed by atoms with van der Waals surface area (Å²) in [6, 6.07) is 19.4. The van der Waals surface area contributed by atoms with Crippen molar-refractivity contribution in [2.45, 2.75) is 25.7 Å². The van der Waals surface area contributed by atoms with Gasteiger partial charge in [0.15, 0.2) is 0 Å². The number of hydrogen-bond donors (Lipinski definition) is 1. The van der Waals surface area contributed by atoms with Crippen molar-refractivity contribution in [3.8, 4) is 6.07 Å². The third kappa shape index (κ3) is 4.89. The van der Waals surface area contributed by atoms with Crippen LogP contribution in [0.15, 0.2) is 70.6 Å². The van der Waals surface area contributed by atoms with E-state index in [1.807, 2.05) is 32.9 Å². The van der Waals surface area contributed by atoms with Crippen LogP contribution in [-0.4, -0.2) is 14.6 Å². The molecule has 6 heteroatoms. The Bertz CT molecular complexity index is 1180. The molecule has 29 heavy (non-hydrogen) atoms. The smallest absolute Gasteiger partial charge is 0.261 e. The topological polar surface area (TPSA) is 82.3 Å². The Kier molecular flexibility index (Phi) is 5.81. The van der Waals surface area contributed by atoms with Crippen molar-refractivity contribution in [3.63, 3.8) is 0 Å². The van der Waals surface area contributed by atoms with Crippen LogP contribution in [0.3, 0.4) is 0 Å². The minimum atomic E-state index is -3.70. The maximum Gasteiger partial charge on any atom is 0.261 e. The fourth-order valence-corrected chi connectivity index (χ4v) is 4.24. The van der Waals surface area contributed by atoms with Gasteiger partial charge in [-0.05, 0) is 73.9 Å². The van der Waals surface area contributed by atoms with Gasteiger partial charge in [-0.1, -0.05) is 29.8 Å². The maximum absolute atomic E-state index is 12.8. The second-order valence-corrected chi connectivity index (χ2v) is 8.55. The highest BCUT2D eigenvalue weighted by Crippen LogP contribution is 2.26. The number of sulfonamides is 1. The van der Waals surface area contributed by atoms with Crippen LogP contribution in [0.2, 0.25) is 0 Å². The van der Waals surface area contributed by atoms with E-state index in [4.69, 9.17) is 5.26 Å². The van der Waals surface area contributed by atoms with Gasteiger partial charge in [0.05, 0.1) is 27.9 Å². The van der Waals surface area contributed by atoms with Crippen molar-refractivity contribution in [1.29, 1.82) is 5.26 Å². The molecule has 3 aromatic rings. The van der Waals surface area contributed by atoms with Crippen LogP contribution >= 0.6 is 0 Å². The van der Waals surface area contributed by atoms with Gasteiger partial charge in [-0.3, -0.25) is 9.71 Å². The summed E-state index contributed by atoms with van der Waals surface area (Å²) >= 11 is 0. The van der Waals surface area contributed by atoms with Crippen LogP contribution in [-0.2, 0) is 10.0 Å². The molecule has 0 fully saturated rings. The Hall–Kier alpha value is -3.43. The summed E-state index contributed by atoms with van der Waals surface area (Å²) in [6.45, 7) is 5.76. The lowest BCUT2D eigenvalue weighted by molar-refractivity contribution is 0.601. The number of nitrogens with zero attached hydrogens (tertiary/aromatic N) is 2. The molecule has 1 N–H and O–H groups in total. The summed E-state index contributed by atoms with van der Waals surface area (Å²) in [6.07, 6.45) is 1.67. The van der Waals surface area contributed by atoms with E-state index in [0.717, 1.165) is 22.3 Å². The third-order valence-electron chi connectivity index (χ3n) is 4.46. The fraction of sp³-hybridized carbons (Fsp3) is 0.130. The van der Waals surface area contributed by atoms with E-state index in [0.29, 0.717) is 16.9 Å². The first-order valence-corrected chi connectivity index (χ1v) is 10.5. The molecule has 0 unspecified atom stereocenters. The predicted molar refractivity (Wildman–Crippen MR) is 116 cm³/mol. The van der Waals surface area contributed by atoms with Gasteiger partial charge in [0, 0.05) is 6.21 Å². The molecule has 146 valence electrons. The van der Waals surface area contributed by atoms with Crippen molar-refractivity contribution in [3.05, 3.63) is 88.5 Å². The van der Waals surface area contributed by atoms with Crippen molar-refractivity contribution >= 4 is 27.6 Å². The number of anilines is 1. The minimum Gasteiger partial charge on any atom is -0.279 e. The Morgan fingerprint density at radius 2 is 1.52 bits per heavy atom. The minimum absolute atomic E-state index is 0.175. The zero-order chi connectivity index (χ0) is 21.0. The summed E-state index contributed by atoms with van der Waals surface area (Å²) in [7, 11) is -3.70. The van der Waals surface area contributed by atoms with E-state index in [1.54, 1.807) is 42.6 Å². The average molecular weight is 404 g/mol. The van der Waals surface area contributed by atoms with Crippen molar-refractivity contribution in [1.82, 2.24) is 0 Å². The second-order valence-electron chi connectivity index (χ2n) is 6.87. The number of nitrogens with one attached hydrogen (secondary N) is 1. The molecule has 0 aliphatic carbocycles. The van der Waals surface area contributed by atoms with Crippen molar-refractivity contribution in [2.24, 2.45) is 4.99 Å². The third-order valence-corrected chi connectivity index (χ3v) is 5.83. The molecule has 0 atom stereocenters. The highest BCUT2D eigenvalue weighted by molar-refractivity contribution is 7.92. The van der Waals surface area contributed by atoms with Gasteiger partial charge in [0.2, 0.25) is 0 Å². The second kappa shape index (κ2) is 8.29. The molecule has 3 rings (SSSR count). The molecule has 0 aliphatic heterocycles. The number of nitriles is 1. The lowest BCUT2D eigenvalue weighted by atomic mass is 10.1. The van der Waals surface area contributed by atoms with Crippen molar-refractivity contribution < 1.29 is 8.42 Å². The number of rotatable bonds is 5. The summed E-state index contributed by atoms with van der Waals surface area (Å²) in [5, 5.41) is 8.83. The highest BCUT2D eigenvalue weighted by Gasteiger charge is 2.16. The molecule has 0 spiro atoms. The van der Waals surface area contributed by atoms with Crippen LogP contribution in [0.25, 0.3) is 0 Å². The Morgan fingerprint density at radius 1 is 0.931 bits per heavy atom. The van der Waals surface area contributed by atoms with Gasteiger partial charge >= 0.3 is 0 Å².